The molecule has 0 radical (unpaired) electrons. The van der Waals surface area contributed by atoms with Gasteiger partial charge in [0.1, 0.15) is 5.82 Å². The van der Waals surface area contributed by atoms with Crippen molar-refractivity contribution in [2.75, 3.05) is 11.1 Å². The minimum absolute atomic E-state index is 0.115. The van der Waals surface area contributed by atoms with E-state index in [1.807, 2.05) is 42.7 Å². The lowest BCUT2D eigenvalue weighted by Crippen LogP contribution is -2.15. The number of rotatable bonds is 6. The van der Waals surface area contributed by atoms with Gasteiger partial charge in [-0.1, -0.05) is 35.5 Å². The minimum atomic E-state index is -0.115. The molecule has 1 amide bonds. The zero-order valence-electron chi connectivity index (χ0n) is 15.1. The number of anilines is 1. The molecule has 0 atom stereocenters. The first kappa shape index (κ1) is 18.1. The number of thioether (sulfide) groups is 1. The molecule has 1 N–H and O–H groups in total. The number of amides is 1. The lowest BCUT2D eigenvalue weighted by molar-refractivity contribution is -0.113. The highest BCUT2D eigenvalue weighted by Crippen LogP contribution is 2.24. The fourth-order valence-corrected chi connectivity index (χ4v) is 3.39. The number of carbonyl (C=O) groups is 1. The van der Waals surface area contributed by atoms with Gasteiger partial charge in [-0.25, -0.2) is 4.98 Å². The lowest BCUT2D eigenvalue weighted by Gasteiger charge is -2.08. The summed E-state index contributed by atoms with van der Waals surface area (Å²) >= 11 is 1.37. The number of carbonyl (C=O) groups excluding carboxylic acids is 1. The van der Waals surface area contributed by atoms with Crippen LogP contribution in [0.4, 0.5) is 5.82 Å². The summed E-state index contributed by atoms with van der Waals surface area (Å²) in [5, 5.41) is 12.1. The summed E-state index contributed by atoms with van der Waals surface area (Å²) < 4.78 is 2.03. The van der Waals surface area contributed by atoms with Gasteiger partial charge in [-0.3, -0.25) is 4.79 Å². The third kappa shape index (κ3) is 4.29. The van der Waals surface area contributed by atoms with Crippen molar-refractivity contribution < 1.29 is 4.79 Å². The highest BCUT2D eigenvalue weighted by molar-refractivity contribution is 7.99. The molecule has 6 nitrogen and oxygen atoms in total. The molecular weight excluding hydrogens is 346 g/mol. The van der Waals surface area contributed by atoms with E-state index in [-0.39, 0.29) is 11.7 Å². The van der Waals surface area contributed by atoms with Gasteiger partial charge in [0.15, 0.2) is 11.0 Å². The fourth-order valence-electron chi connectivity index (χ4n) is 2.59. The Hall–Kier alpha value is -2.67. The van der Waals surface area contributed by atoms with Gasteiger partial charge in [-0.05, 0) is 44.5 Å². The Morgan fingerprint density at radius 2 is 1.96 bits per heavy atom. The van der Waals surface area contributed by atoms with E-state index in [0.717, 1.165) is 28.7 Å². The van der Waals surface area contributed by atoms with E-state index in [1.54, 1.807) is 6.20 Å². The molecule has 0 aliphatic carbocycles. The van der Waals surface area contributed by atoms with E-state index in [9.17, 15) is 4.79 Å². The van der Waals surface area contributed by atoms with Gasteiger partial charge in [0.2, 0.25) is 5.91 Å². The number of aryl methyl sites for hydroxylation is 2. The largest absolute Gasteiger partial charge is 0.310 e. The predicted octanol–water partition coefficient (Wildman–Crippen LogP) is 3.71. The van der Waals surface area contributed by atoms with Crippen molar-refractivity contribution >= 4 is 23.5 Å². The molecule has 0 aliphatic rings. The smallest absolute Gasteiger partial charge is 0.236 e. The van der Waals surface area contributed by atoms with E-state index in [0.29, 0.717) is 5.82 Å². The lowest BCUT2D eigenvalue weighted by atomic mass is 10.1. The SMILES string of the molecule is CCn1c(SCC(=O)Nc2cc(C)ccn2)nnc1-c1cccc(C)c1. The fraction of sp³-hybridized carbons (Fsp3) is 0.263. The summed E-state index contributed by atoms with van der Waals surface area (Å²) in [6, 6.07) is 11.9. The van der Waals surface area contributed by atoms with E-state index >= 15 is 0 Å². The Bertz CT molecular complexity index is 922. The molecule has 134 valence electrons. The van der Waals surface area contributed by atoms with Crippen molar-refractivity contribution in [2.45, 2.75) is 32.5 Å². The second kappa shape index (κ2) is 8.14. The van der Waals surface area contributed by atoms with Crippen molar-refractivity contribution in [2.24, 2.45) is 0 Å². The average molecular weight is 367 g/mol. The van der Waals surface area contributed by atoms with Crippen LogP contribution in [0.5, 0.6) is 0 Å². The van der Waals surface area contributed by atoms with Crippen LogP contribution in [0.2, 0.25) is 0 Å². The van der Waals surface area contributed by atoms with Crippen LogP contribution in [-0.2, 0) is 11.3 Å². The quantitative estimate of drug-likeness (QED) is 0.673. The van der Waals surface area contributed by atoms with Gasteiger partial charge >= 0.3 is 0 Å². The first-order chi connectivity index (χ1) is 12.6. The Balaban J connectivity index is 1.69. The van der Waals surface area contributed by atoms with Crippen LogP contribution in [-0.4, -0.2) is 31.4 Å². The Morgan fingerprint density at radius 3 is 2.69 bits per heavy atom. The van der Waals surface area contributed by atoms with Crippen LogP contribution in [0, 0.1) is 13.8 Å². The Morgan fingerprint density at radius 1 is 1.15 bits per heavy atom. The number of benzene rings is 1. The number of pyridine rings is 1. The third-order valence-corrected chi connectivity index (χ3v) is 4.79. The molecule has 0 unspecified atom stereocenters. The molecule has 0 saturated heterocycles. The number of nitrogens with zero attached hydrogens (tertiary/aromatic N) is 4. The van der Waals surface area contributed by atoms with Crippen molar-refractivity contribution in [1.29, 1.82) is 0 Å². The third-order valence-electron chi connectivity index (χ3n) is 3.82. The zero-order chi connectivity index (χ0) is 18.5. The maximum absolute atomic E-state index is 12.2. The van der Waals surface area contributed by atoms with Crippen molar-refractivity contribution in [3.8, 4) is 11.4 Å². The number of hydrogen-bond donors (Lipinski definition) is 1. The predicted molar refractivity (Wildman–Crippen MR) is 104 cm³/mol. The van der Waals surface area contributed by atoms with Gasteiger partial charge in [0.05, 0.1) is 5.75 Å². The Kier molecular flexibility index (Phi) is 5.68. The van der Waals surface area contributed by atoms with Crippen LogP contribution >= 0.6 is 11.8 Å². The molecule has 3 aromatic rings. The minimum Gasteiger partial charge on any atom is -0.310 e. The van der Waals surface area contributed by atoms with Crippen LogP contribution in [0.3, 0.4) is 0 Å². The van der Waals surface area contributed by atoms with E-state index in [4.69, 9.17) is 0 Å². The van der Waals surface area contributed by atoms with Crippen LogP contribution < -0.4 is 5.32 Å². The Labute approximate surface area is 157 Å². The molecule has 0 aliphatic heterocycles. The number of hydrogen-bond acceptors (Lipinski definition) is 5. The van der Waals surface area contributed by atoms with E-state index in [1.165, 1.54) is 17.3 Å². The molecule has 0 bridgehead atoms. The first-order valence-electron chi connectivity index (χ1n) is 8.42. The summed E-state index contributed by atoms with van der Waals surface area (Å²) in [5.74, 6) is 1.52. The monoisotopic (exact) mass is 367 g/mol. The zero-order valence-corrected chi connectivity index (χ0v) is 15.9. The first-order valence-corrected chi connectivity index (χ1v) is 9.41. The molecule has 3 rings (SSSR count). The summed E-state index contributed by atoms with van der Waals surface area (Å²) in [6.07, 6.45) is 1.68. The maximum atomic E-state index is 12.2. The van der Waals surface area contributed by atoms with Crippen molar-refractivity contribution in [3.05, 3.63) is 53.7 Å². The molecule has 2 heterocycles. The molecule has 0 spiro atoms. The van der Waals surface area contributed by atoms with Gasteiger partial charge < -0.3 is 9.88 Å². The topological polar surface area (TPSA) is 72.7 Å². The van der Waals surface area contributed by atoms with Gasteiger partial charge in [-0.15, -0.1) is 10.2 Å². The summed E-state index contributed by atoms with van der Waals surface area (Å²) in [5.41, 5.74) is 3.25. The molecule has 1 aromatic carbocycles. The standard InChI is InChI=1S/C19H21N5OS/c1-4-24-18(15-7-5-6-13(2)10-15)22-23-19(24)26-12-17(25)21-16-11-14(3)8-9-20-16/h5-11H,4,12H2,1-3H3,(H,20,21,25). The van der Waals surface area contributed by atoms with Crippen LogP contribution in [0.15, 0.2) is 47.8 Å². The van der Waals surface area contributed by atoms with Crippen LogP contribution in [0.1, 0.15) is 18.1 Å². The average Bonchev–Trinajstić information content (AvgIpc) is 3.03. The molecule has 2 aromatic heterocycles. The molecule has 7 heteroatoms. The molecule has 0 saturated carbocycles. The van der Waals surface area contributed by atoms with Gasteiger partial charge in [-0.2, -0.15) is 0 Å². The summed E-state index contributed by atoms with van der Waals surface area (Å²) in [7, 11) is 0. The van der Waals surface area contributed by atoms with Gasteiger partial charge in [0, 0.05) is 18.3 Å². The maximum Gasteiger partial charge on any atom is 0.236 e. The van der Waals surface area contributed by atoms with E-state index < -0.39 is 0 Å². The van der Waals surface area contributed by atoms with Crippen molar-refractivity contribution in [3.63, 3.8) is 0 Å². The highest BCUT2D eigenvalue weighted by atomic mass is 32.2. The van der Waals surface area contributed by atoms with Crippen LogP contribution in [0.25, 0.3) is 11.4 Å². The summed E-state index contributed by atoms with van der Waals surface area (Å²) in [4.78, 5) is 16.3. The number of aromatic nitrogens is 4. The van der Waals surface area contributed by atoms with Crippen molar-refractivity contribution in [1.82, 2.24) is 19.7 Å². The highest BCUT2D eigenvalue weighted by Gasteiger charge is 2.15. The van der Waals surface area contributed by atoms with E-state index in [2.05, 4.69) is 39.6 Å². The molecular formula is C19H21N5OS. The normalized spacial score (nSPS) is 10.7. The van der Waals surface area contributed by atoms with Gasteiger partial charge in [0.25, 0.3) is 0 Å². The molecule has 0 fully saturated rings. The summed E-state index contributed by atoms with van der Waals surface area (Å²) in [6.45, 7) is 6.79. The second-order valence-corrected chi connectivity index (χ2v) is 6.92. The second-order valence-electron chi connectivity index (χ2n) is 5.98. The molecule has 26 heavy (non-hydrogen) atoms. The number of nitrogens with one attached hydrogen (secondary N) is 1.